The van der Waals surface area contributed by atoms with Gasteiger partial charge in [0.05, 0.1) is 6.04 Å². The summed E-state index contributed by atoms with van der Waals surface area (Å²) in [5, 5.41) is 0. The fourth-order valence-electron chi connectivity index (χ4n) is 1.52. The average Bonchev–Trinajstić information content (AvgIpc) is 2.66. The number of rotatable bonds is 2. The van der Waals surface area contributed by atoms with E-state index < -0.39 is 0 Å². The highest BCUT2D eigenvalue weighted by atomic mass is 16.5. The Morgan fingerprint density at radius 1 is 1.47 bits per heavy atom. The van der Waals surface area contributed by atoms with Crippen molar-refractivity contribution in [1.82, 2.24) is 4.98 Å². The molecule has 1 aromatic heterocycles. The van der Waals surface area contributed by atoms with Crippen LogP contribution in [0, 0.1) is 12.8 Å². The van der Waals surface area contributed by atoms with E-state index in [0.29, 0.717) is 18.4 Å². The molecule has 3 heteroatoms. The van der Waals surface area contributed by atoms with Crippen molar-refractivity contribution in [2.24, 2.45) is 10.9 Å². The second kappa shape index (κ2) is 4.01. The summed E-state index contributed by atoms with van der Waals surface area (Å²) < 4.78 is 5.56. The molecule has 80 valence electrons. The van der Waals surface area contributed by atoms with E-state index in [9.17, 15) is 0 Å². The lowest BCUT2D eigenvalue weighted by Gasteiger charge is -2.06. The first-order chi connectivity index (χ1) is 7.16. The van der Waals surface area contributed by atoms with Gasteiger partial charge in [-0.1, -0.05) is 13.8 Å². The Morgan fingerprint density at radius 2 is 2.27 bits per heavy atom. The topological polar surface area (TPSA) is 34.5 Å². The van der Waals surface area contributed by atoms with E-state index in [0.717, 1.165) is 5.69 Å². The van der Waals surface area contributed by atoms with Crippen LogP contribution in [0.4, 0.5) is 0 Å². The van der Waals surface area contributed by atoms with Gasteiger partial charge in [0.25, 0.3) is 0 Å². The lowest BCUT2D eigenvalue weighted by Crippen LogP contribution is -2.13. The van der Waals surface area contributed by atoms with Crippen LogP contribution in [0.15, 0.2) is 23.3 Å². The minimum absolute atomic E-state index is 0.280. The summed E-state index contributed by atoms with van der Waals surface area (Å²) in [7, 11) is 0. The fraction of sp³-hybridized carbons (Fsp3) is 0.500. The fourth-order valence-corrected chi connectivity index (χ4v) is 1.52. The van der Waals surface area contributed by atoms with Gasteiger partial charge in [0.15, 0.2) is 0 Å². The number of pyridine rings is 1. The van der Waals surface area contributed by atoms with Gasteiger partial charge in [-0.15, -0.1) is 0 Å². The van der Waals surface area contributed by atoms with Crippen molar-refractivity contribution in [3.63, 3.8) is 0 Å². The lowest BCUT2D eigenvalue weighted by atomic mass is 10.1. The van der Waals surface area contributed by atoms with E-state index >= 15 is 0 Å². The Balaban J connectivity index is 2.22. The van der Waals surface area contributed by atoms with E-state index in [-0.39, 0.29) is 6.04 Å². The Morgan fingerprint density at radius 3 is 2.87 bits per heavy atom. The van der Waals surface area contributed by atoms with Crippen molar-refractivity contribution in [2.75, 3.05) is 6.61 Å². The van der Waals surface area contributed by atoms with Crippen LogP contribution in [0.3, 0.4) is 0 Å². The SMILES string of the molecule is Cc1ccnc(C2=N[C@@H](C(C)C)CO2)c1. The third-order valence-electron chi connectivity index (χ3n) is 2.58. The van der Waals surface area contributed by atoms with Crippen molar-refractivity contribution in [3.8, 4) is 0 Å². The van der Waals surface area contributed by atoms with Crippen LogP contribution in [0.1, 0.15) is 25.1 Å². The maximum atomic E-state index is 5.56. The number of hydrogen-bond acceptors (Lipinski definition) is 3. The number of ether oxygens (including phenoxy) is 1. The second-order valence-electron chi connectivity index (χ2n) is 4.28. The Kier molecular flexibility index (Phi) is 2.71. The van der Waals surface area contributed by atoms with Crippen LogP contribution in [-0.2, 0) is 4.74 Å². The summed E-state index contributed by atoms with van der Waals surface area (Å²) in [6, 6.07) is 4.25. The summed E-state index contributed by atoms with van der Waals surface area (Å²) in [6.07, 6.45) is 1.79. The van der Waals surface area contributed by atoms with Crippen molar-refractivity contribution < 1.29 is 4.74 Å². The van der Waals surface area contributed by atoms with Gasteiger partial charge in [-0.3, -0.25) is 4.98 Å². The van der Waals surface area contributed by atoms with Gasteiger partial charge in [0.2, 0.25) is 5.90 Å². The second-order valence-corrected chi connectivity index (χ2v) is 4.28. The van der Waals surface area contributed by atoms with Gasteiger partial charge < -0.3 is 4.74 Å². The molecule has 1 atom stereocenters. The monoisotopic (exact) mass is 204 g/mol. The molecule has 0 aromatic carbocycles. The molecule has 0 saturated heterocycles. The van der Waals surface area contributed by atoms with E-state index in [4.69, 9.17) is 4.74 Å². The lowest BCUT2D eigenvalue weighted by molar-refractivity contribution is 0.291. The van der Waals surface area contributed by atoms with E-state index in [1.54, 1.807) is 6.20 Å². The molecule has 1 aliphatic heterocycles. The minimum atomic E-state index is 0.280. The molecule has 15 heavy (non-hydrogen) atoms. The van der Waals surface area contributed by atoms with Crippen molar-refractivity contribution in [2.45, 2.75) is 26.8 Å². The molecule has 0 radical (unpaired) electrons. The predicted octanol–water partition coefficient (Wildman–Crippen LogP) is 2.19. The maximum Gasteiger partial charge on any atom is 0.235 e. The standard InChI is InChI=1S/C12H16N2O/c1-8(2)11-7-15-12(14-11)10-6-9(3)4-5-13-10/h4-6,8,11H,7H2,1-3H3/t11-/m1/s1. The molecular formula is C12H16N2O. The molecular weight excluding hydrogens is 188 g/mol. The van der Waals surface area contributed by atoms with Crippen LogP contribution < -0.4 is 0 Å². The van der Waals surface area contributed by atoms with Gasteiger partial charge in [-0.05, 0) is 30.5 Å². The van der Waals surface area contributed by atoms with Crippen LogP contribution in [0.25, 0.3) is 0 Å². The van der Waals surface area contributed by atoms with Gasteiger partial charge in [-0.25, -0.2) is 4.99 Å². The number of nitrogens with zero attached hydrogens (tertiary/aromatic N) is 2. The third kappa shape index (κ3) is 2.17. The molecule has 0 unspecified atom stereocenters. The molecule has 0 amide bonds. The smallest absolute Gasteiger partial charge is 0.235 e. The third-order valence-corrected chi connectivity index (χ3v) is 2.58. The highest BCUT2D eigenvalue weighted by Gasteiger charge is 2.23. The summed E-state index contributed by atoms with van der Waals surface area (Å²) >= 11 is 0. The summed E-state index contributed by atoms with van der Waals surface area (Å²) in [4.78, 5) is 8.79. The number of aromatic nitrogens is 1. The molecule has 1 aromatic rings. The van der Waals surface area contributed by atoms with Gasteiger partial charge >= 0.3 is 0 Å². The van der Waals surface area contributed by atoms with Crippen molar-refractivity contribution >= 4 is 5.90 Å². The van der Waals surface area contributed by atoms with Crippen molar-refractivity contribution in [1.29, 1.82) is 0 Å². The van der Waals surface area contributed by atoms with Crippen LogP contribution in [-0.4, -0.2) is 23.5 Å². The summed E-state index contributed by atoms with van der Waals surface area (Å²) in [6.45, 7) is 7.04. The quantitative estimate of drug-likeness (QED) is 0.740. The zero-order chi connectivity index (χ0) is 10.8. The zero-order valence-electron chi connectivity index (χ0n) is 9.40. The molecule has 1 aliphatic rings. The first-order valence-corrected chi connectivity index (χ1v) is 5.30. The minimum Gasteiger partial charge on any atom is -0.474 e. The molecule has 3 nitrogen and oxygen atoms in total. The molecule has 2 rings (SSSR count). The van der Waals surface area contributed by atoms with Gasteiger partial charge in [0, 0.05) is 6.20 Å². The highest BCUT2D eigenvalue weighted by Crippen LogP contribution is 2.16. The Hall–Kier alpha value is -1.38. The molecule has 0 N–H and O–H groups in total. The molecule has 2 heterocycles. The maximum absolute atomic E-state index is 5.56. The predicted molar refractivity (Wildman–Crippen MR) is 60.1 cm³/mol. The van der Waals surface area contributed by atoms with Gasteiger partial charge in [0.1, 0.15) is 12.3 Å². The normalized spacial score (nSPS) is 20.3. The van der Waals surface area contributed by atoms with Gasteiger partial charge in [-0.2, -0.15) is 0 Å². The average molecular weight is 204 g/mol. The summed E-state index contributed by atoms with van der Waals surface area (Å²) in [5.74, 6) is 1.21. The highest BCUT2D eigenvalue weighted by molar-refractivity contribution is 5.93. The molecule has 0 fully saturated rings. The molecule has 0 bridgehead atoms. The number of aliphatic imine (C=N–C) groups is 1. The van der Waals surface area contributed by atoms with E-state index in [1.165, 1.54) is 5.56 Å². The Labute approximate surface area is 90.2 Å². The first kappa shape index (κ1) is 10.1. The van der Waals surface area contributed by atoms with Crippen molar-refractivity contribution in [3.05, 3.63) is 29.6 Å². The van der Waals surface area contributed by atoms with Crippen LogP contribution in [0.5, 0.6) is 0 Å². The largest absolute Gasteiger partial charge is 0.474 e. The molecule has 0 saturated carbocycles. The summed E-state index contributed by atoms with van der Waals surface area (Å²) in [5.41, 5.74) is 2.03. The first-order valence-electron chi connectivity index (χ1n) is 5.30. The van der Waals surface area contributed by atoms with E-state index in [2.05, 4.69) is 23.8 Å². The zero-order valence-corrected chi connectivity index (χ0v) is 9.40. The Bertz CT molecular complexity index is 385. The molecule has 0 spiro atoms. The number of hydrogen-bond donors (Lipinski definition) is 0. The van der Waals surface area contributed by atoms with E-state index in [1.807, 2.05) is 19.1 Å². The molecule has 0 aliphatic carbocycles. The number of aryl methyl sites for hydroxylation is 1. The van der Waals surface area contributed by atoms with Crippen LogP contribution in [0.2, 0.25) is 0 Å². The van der Waals surface area contributed by atoms with Crippen LogP contribution >= 0.6 is 0 Å².